The standard InChI is InChI=1S/C25H27F3O2/c1-4-6-18-10-13-23(14-20(18)7-5-2)29-16-21-15-24(30-17(21)3)19-8-11-22(12-9-19)25(26,27)28/h8-15H,4-7,16H2,1-3H3. The van der Waals surface area contributed by atoms with Gasteiger partial charge in [-0.05, 0) is 61.2 Å². The molecule has 160 valence electrons. The summed E-state index contributed by atoms with van der Waals surface area (Å²) >= 11 is 0. The summed E-state index contributed by atoms with van der Waals surface area (Å²) in [4.78, 5) is 0. The Labute approximate surface area is 175 Å². The minimum absolute atomic E-state index is 0.342. The molecule has 2 aromatic carbocycles. The van der Waals surface area contributed by atoms with Crippen molar-refractivity contribution in [1.82, 2.24) is 0 Å². The Morgan fingerprint density at radius 1 is 0.833 bits per heavy atom. The van der Waals surface area contributed by atoms with E-state index >= 15 is 0 Å². The van der Waals surface area contributed by atoms with E-state index in [2.05, 4.69) is 26.0 Å². The molecule has 0 spiro atoms. The first-order valence-electron chi connectivity index (χ1n) is 10.3. The van der Waals surface area contributed by atoms with Gasteiger partial charge >= 0.3 is 6.18 Å². The van der Waals surface area contributed by atoms with Crippen molar-refractivity contribution in [1.29, 1.82) is 0 Å². The number of rotatable bonds is 8. The molecule has 1 heterocycles. The first-order valence-corrected chi connectivity index (χ1v) is 10.3. The van der Waals surface area contributed by atoms with Crippen molar-refractivity contribution in [3.63, 3.8) is 0 Å². The number of hydrogen-bond donors (Lipinski definition) is 0. The zero-order valence-corrected chi connectivity index (χ0v) is 17.6. The highest BCUT2D eigenvalue weighted by atomic mass is 19.4. The Hall–Kier alpha value is -2.69. The predicted octanol–water partition coefficient (Wildman–Crippen LogP) is 7.76. The van der Waals surface area contributed by atoms with Crippen LogP contribution in [0.25, 0.3) is 11.3 Å². The smallest absolute Gasteiger partial charge is 0.416 e. The second kappa shape index (κ2) is 9.41. The van der Waals surface area contributed by atoms with Crippen molar-refractivity contribution in [2.45, 2.75) is 59.2 Å². The summed E-state index contributed by atoms with van der Waals surface area (Å²) in [6, 6.07) is 13.1. The van der Waals surface area contributed by atoms with Crippen LogP contribution in [0.3, 0.4) is 0 Å². The Balaban J connectivity index is 1.73. The molecule has 0 fully saturated rings. The monoisotopic (exact) mass is 416 g/mol. The van der Waals surface area contributed by atoms with E-state index in [4.69, 9.17) is 9.15 Å². The van der Waals surface area contributed by atoms with Crippen LogP contribution in [-0.2, 0) is 25.6 Å². The van der Waals surface area contributed by atoms with E-state index in [0.717, 1.165) is 49.1 Å². The van der Waals surface area contributed by atoms with Crippen LogP contribution in [0.1, 0.15) is 54.7 Å². The number of furan rings is 1. The fraction of sp³-hybridized carbons (Fsp3) is 0.360. The molecule has 3 aromatic rings. The minimum Gasteiger partial charge on any atom is -0.489 e. The van der Waals surface area contributed by atoms with Crippen molar-refractivity contribution >= 4 is 0 Å². The quantitative estimate of drug-likeness (QED) is 0.374. The molecule has 0 saturated carbocycles. The van der Waals surface area contributed by atoms with Crippen molar-refractivity contribution in [2.24, 2.45) is 0 Å². The lowest BCUT2D eigenvalue weighted by Crippen LogP contribution is -2.03. The molecule has 0 aliphatic heterocycles. The molecule has 0 aliphatic rings. The second-order valence-corrected chi connectivity index (χ2v) is 7.49. The molecule has 0 bridgehead atoms. The van der Waals surface area contributed by atoms with Crippen LogP contribution in [0, 0.1) is 6.92 Å². The van der Waals surface area contributed by atoms with Gasteiger partial charge in [0, 0.05) is 11.1 Å². The Bertz CT molecular complexity index is 969. The molecule has 3 rings (SSSR count). The van der Waals surface area contributed by atoms with Gasteiger partial charge in [-0.15, -0.1) is 0 Å². The lowest BCUT2D eigenvalue weighted by Gasteiger charge is -2.12. The van der Waals surface area contributed by atoms with Gasteiger partial charge in [-0.25, -0.2) is 0 Å². The zero-order valence-electron chi connectivity index (χ0n) is 17.6. The first kappa shape index (κ1) is 22.0. The molecule has 0 unspecified atom stereocenters. The van der Waals surface area contributed by atoms with Crippen LogP contribution in [0.4, 0.5) is 13.2 Å². The average Bonchev–Trinajstić information content (AvgIpc) is 3.08. The van der Waals surface area contributed by atoms with E-state index in [1.165, 1.54) is 23.3 Å². The van der Waals surface area contributed by atoms with E-state index in [-0.39, 0.29) is 0 Å². The average molecular weight is 416 g/mol. The van der Waals surface area contributed by atoms with Crippen molar-refractivity contribution in [2.75, 3.05) is 0 Å². The minimum atomic E-state index is -4.35. The summed E-state index contributed by atoms with van der Waals surface area (Å²) in [6.07, 6.45) is -0.0719. The fourth-order valence-electron chi connectivity index (χ4n) is 3.50. The molecular formula is C25H27F3O2. The van der Waals surface area contributed by atoms with Gasteiger partial charge in [0.15, 0.2) is 0 Å². The van der Waals surface area contributed by atoms with Crippen LogP contribution in [0.2, 0.25) is 0 Å². The van der Waals surface area contributed by atoms with Gasteiger partial charge < -0.3 is 9.15 Å². The third kappa shape index (κ3) is 5.26. The summed E-state index contributed by atoms with van der Waals surface area (Å²) < 4.78 is 50.0. The van der Waals surface area contributed by atoms with Crippen LogP contribution >= 0.6 is 0 Å². The van der Waals surface area contributed by atoms with Crippen molar-refractivity contribution < 1.29 is 22.3 Å². The molecule has 2 nitrogen and oxygen atoms in total. The van der Waals surface area contributed by atoms with Crippen LogP contribution in [0.15, 0.2) is 52.9 Å². The van der Waals surface area contributed by atoms with Crippen molar-refractivity contribution in [3.8, 4) is 17.1 Å². The van der Waals surface area contributed by atoms with Gasteiger partial charge in [0.05, 0.1) is 5.56 Å². The van der Waals surface area contributed by atoms with Gasteiger partial charge in [-0.3, -0.25) is 0 Å². The molecule has 30 heavy (non-hydrogen) atoms. The topological polar surface area (TPSA) is 22.4 Å². The summed E-state index contributed by atoms with van der Waals surface area (Å²) in [5, 5.41) is 0. The van der Waals surface area contributed by atoms with Crippen molar-refractivity contribution in [3.05, 3.63) is 76.5 Å². The largest absolute Gasteiger partial charge is 0.489 e. The SMILES string of the molecule is CCCc1ccc(OCc2cc(-c3ccc(C(F)(F)F)cc3)oc2C)cc1CCC. The van der Waals surface area contributed by atoms with Crippen LogP contribution < -0.4 is 4.74 Å². The van der Waals surface area contributed by atoms with Crippen LogP contribution in [0.5, 0.6) is 5.75 Å². The van der Waals surface area contributed by atoms with E-state index in [1.54, 1.807) is 0 Å². The normalized spacial score (nSPS) is 11.7. The summed E-state index contributed by atoms with van der Waals surface area (Å²) in [6.45, 7) is 6.52. The number of alkyl halides is 3. The highest BCUT2D eigenvalue weighted by Crippen LogP contribution is 2.32. The maximum atomic E-state index is 12.8. The van der Waals surface area contributed by atoms with Gasteiger partial charge in [-0.1, -0.05) is 44.9 Å². The second-order valence-electron chi connectivity index (χ2n) is 7.49. The van der Waals surface area contributed by atoms with E-state index in [0.29, 0.717) is 23.7 Å². The predicted molar refractivity (Wildman–Crippen MR) is 113 cm³/mol. The molecule has 0 N–H and O–H groups in total. The molecule has 1 aromatic heterocycles. The third-order valence-corrected chi connectivity index (χ3v) is 5.13. The maximum absolute atomic E-state index is 12.8. The summed E-state index contributed by atoms with van der Waals surface area (Å²) in [7, 11) is 0. The maximum Gasteiger partial charge on any atom is 0.416 e. The highest BCUT2D eigenvalue weighted by molar-refractivity contribution is 5.59. The van der Waals surface area contributed by atoms with E-state index in [1.807, 2.05) is 19.1 Å². The highest BCUT2D eigenvalue weighted by Gasteiger charge is 2.30. The number of benzene rings is 2. The van der Waals surface area contributed by atoms with Gasteiger partial charge in [-0.2, -0.15) is 13.2 Å². The lowest BCUT2D eigenvalue weighted by atomic mass is 9.99. The van der Waals surface area contributed by atoms with E-state index < -0.39 is 11.7 Å². The van der Waals surface area contributed by atoms with Gasteiger partial charge in [0.1, 0.15) is 23.9 Å². The molecule has 0 radical (unpaired) electrons. The van der Waals surface area contributed by atoms with E-state index in [9.17, 15) is 13.2 Å². The Morgan fingerprint density at radius 2 is 1.50 bits per heavy atom. The first-order chi connectivity index (χ1) is 14.3. The van der Waals surface area contributed by atoms with Gasteiger partial charge in [0.2, 0.25) is 0 Å². The Kier molecular flexibility index (Phi) is 6.91. The molecule has 0 aliphatic carbocycles. The summed E-state index contributed by atoms with van der Waals surface area (Å²) in [5.41, 5.74) is 3.50. The summed E-state index contributed by atoms with van der Waals surface area (Å²) in [5.74, 6) is 2.04. The molecule has 0 atom stereocenters. The number of ether oxygens (including phenoxy) is 1. The third-order valence-electron chi connectivity index (χ3n) is 5.13. The lowest BCUT2D eigenvalue weighted by molar-refractivity contribution is -0.137. The number of hydrogen-bond acceptors (Lipinski definition) is 2. The number of aryl methyl sites for hydroxylation is 3. The molecule has 5 heteroatoms. The van der Waals surface area contributed by atoms with Gasteiger partial charge in [0.25, 0.3) is 0 Å². The Morgan fingerprint density at radius 3 is 2.13 bits per heavy atom. The molecular weight excluding hydrogens is 389 g/mol. The molecule has 0 amide bonds. The molecule has 0 saturated heterocycles. The fourth-order valence-corrected chi connectivity index (χ4v) is 3.50. The zero-order chi connectivity index (χ0) is 21.7. The van der Waals surface area contributed by atoms with Crippen LogP contribution in [-0.4, -0.2) is 0 Å². The number of halogens is 3.